The Morgan fingerprint density at radius 1 is 1.31 bits per heavy atom. The Balaban J connectivity index is 1.69. The summed E-state index contributed by atoms with van der Waals surface area (Å²) in [4.78, 5) is 2.42. The molecule has 1 aromatic rings. The Labute approximate surface area is 98.7 Å². The average Bonchev–Trinajstić information content (AvgIpc) is 2.81. The monoisotopic (exact) mass is 218 g/mol. The topological polar surface area (TPSA) is 15.3 Å². The van der Waals surface area contributed by atoms with Crippen molar-refractivity contribution in [2.45, 2.75) is 19.4 Å². The predicted octanol–water partition coefficient (Wildman–Crippen LogP) is 2.12. The van der Waals surface area contributed by atoms with E-state index in [1.807, 2.05) is 0 Å². The van der Waals surface area contributed by atoms with E-state index in [-0.39, 0.29) is 0 Å². The Morgan fingerprint density at radius 2 is 2.12 bits per heavy atom. The van der Waals surface area contributed by atoms with Gasteiger partial charge in [0.15, 0.2) is 0 Å². The summed E-state index contributed by atoms with van der Waals surface area (Å²) in [7, 11) is 2.22. The van der Waals surface area contributed by atoms with Gasteiger partial charge in [0.05, 0.1) is 0 Å². The summed E-state index contributed by atoms with van der Waals surface area (Å²) in [6.07, 6.45) is 2.69. The quantitative estimate of drug-likeness (QED) is 0.814. The van der Waals surface area contributed by atoms with Crippen molar-refractivity contribution < 1.29 is 0 Å². The van der Waals surface area contributed by atoms with Crippen LogP contribution >= 0.6 is 0 Å². The average molecular weight is 218 g/mol. The first-order chi connectivity index (χ1) is 7.84. The van der Waals surface area contributed by atoms with Crippen molar-refractivity contribution in [2.24, 2.45) is 5.92 Å². The summed E-state index contributed by atoms with van der Waals surface area (Å²) in [5.41, 5.74) is 1.41. The van der Waals surface area contributed by atoms with Gasteiger partial charge < -0.3 is 10.2 Å². The van der Waals surface area contributed by atoms with E-state index in [1.54, 1.807) is 0 Å². The molecule has 1 aliphatic heterocycles. The zero-order valence-corrected chi connectivity index (χ0v) is 10.2. The first-order valence-corrected chi connectivity index (χ1v) is 6.28. The zero-order chi connectivity index (χ0) is 11.2. The molecule has 1 saturated heterocycles. The second-order valence-corrected chi connectivity index (χ2v) is 4.87. The van der Waals surface area contributed by atoms with Gasteiger partial charge in [0.2, 0.25) is 0 Å². The third-order valence-electron chi connectivity index (χ3n) is 3.38. The minimum absolute atomic E-state index is 0.901. The van der Waals surface area contributed by atoms with Gasteiger partial charge in [0.1, 0.15) is 0 Å². The molecule has 1 fully saturated rings. The van der Waals surface area contributed by atoms with E-state index in [0.717, 1.165) is 12.5 Å². The van der Waals surface area contributed by atoms with Crippen molar-refractivity contribution in [2.75, 3.05) is 26.7 Å². The molecule has 1 N–H and O–H groups in total. The van der Waals surface area contributed by atoms with Gasteiger partial charge in [0, 0.05) is 6.54 Å². The van der Waals surface area contributed by atoms with E-state index in [9.17, 15) is 0 Å². The first-order valence-electron chi connectivity index (χ1n) is 6.28. The number of hydrogen-bond acceptors (Lipinski definition) is 2. The van der Waals surface area contributed by atoms with Crippen LogP contribution in [0.5, 0.6) is 0 Å². The normalized spacial score (nSPS) is 20.5. The zero-order valence-electron chi connectivity index (χ0n) is 10.2. The molecular weight excluding hydrogens is 196 g/mol. The number of rotatable bonds is 5. The third-order valence-corrected chi connectivity index (χ3v) is 3.38. The molecule has 16 heavy (non-hydrogen) atoms. The maximum atomic E-state index is 3.43. The van der Waals surface area contributed by atoms with Gasteiger partial charge in [-0.05, 0) is 51.0 Å². The smallest absolute Gasteiger partial charge is 0.0230 e. The largest absolute Gasteiger partial charge is 0.316 e. The van der Waals surface area contributed by atoms with Gasteiger partial charge in [0.25, 0.3) is 0 Å². The molecule has 0 spiro atoms. The lowest BCUT2D eigenvalue weighted by Crippen LogP contribution is -2.22. The van der Waals surface area contributed by atoms with Gasteiger partial charge >= 0.3 is 0 Å². The van der Waals surface area contributed by atoms with Gasteiger partial charge in [-0.1, -0.05) is 30.3 Å². The Kier molecular flexibility index (Phi) is 4.37. The van der Waals surface area contributed by atoms with Crippen LogP contribution in [-0.2, 0) is 6.54 Å². The van der Waals surface area contributed by atoms with Crippen LogP contribution in [0.25, 0.3) is 0 Å². The second kappa shape index (κ2) is 6.02. The molecule has 2 nitrogen and oxygen atoms in total. The minimum atomic E-state index is 0.901. The maximum absolute atomic E-state index is 3.43. The van der Waals surface area contributed by atoms with Crippen molar-refractivity contribution >= 4 is 0 Å². The molecule has 0 amide bonds. The summed E-state index contributed by atoms with van der Waals surface area (Å²) >= 11 is 0. The van der Waals surface area contributed by atoms with Crippen molar-refractivity contribution in [1.29, 1.82) is 0 Å². The van der Waals surface area contributed by atoms with Gasteiger partial charge in [-0.15, -0.1) is 0 Å². The molecule has 0 saturated carbocycles. The number of nitrogens with zero attached hydrogens (tertiary/aromatic N) is 1. The number of hydrogen-bond donors (Lipinski definition) is 1. The van der Waals surface area contributed by atoms with E-state index in [4.69, 9.17) is 0 Å². The van der Waals surface area contributed by atoms with Crippen LogP contribution < -0.4 is 5.32 Å². The third kappa shape index (κ3) is 3.62. The summed E-state index contributed by atoms with van der Waals surface area (Å²) < 4.78 is 0. The Hall–Kier alpha value is -0.860. The molecule has 1 heterocycles. The van der Waals surface area contributed by atoms with Crippen LogP contribution in [0, 0.1) is 5.92 Å². The number of nitrogens with one attached hydrogen (secondary N) is 1. The van der Waals surface area contributed by atoms with E-state index >= 15 is 0 Å². The molecule has 0 aromatic heterocycles. The highest BCUT2D eigenvalue weighted by molar-refractivity contribution is 5.14. The van der Waals surface area contributed by atoms with Crippen LogP contribution in [-0.4, -0.2) is 31.6 Å². The lowest BCUT2D eigenvalue weighted by molar-refractivity contribution is 0.298. The van der Waals surface area contributed by atoms with E-state index < -0.39 is 0 Å². The van der Waals surface area contributed by atoms with Gasteiger partial charge in [-0.2, -0.15) is 0 Å². The maximum Gasteiger partial charge on any atom is 0.0230 e. The Bertz CT molecular complexity index is 291. The fourth-order valence-corrected chi connectivity index (χ4v) is 2.34. The highest BCUT2D eigenvalue weighted by Gasteiger charge is 2.14. The molecule has 0 aliphatic carbocycles. The standard InChI is InChI=1S/C14H22N2/c1-16(10-8-13-7-9-15-11-13)12-14-5-3-2-4-6-14/h2-6,13,15H,7-12H2,1H3. The first kappa shape index (κ1) is 11.6. The molecule has 2 rings (SSSR count). The lowest BCUT2D eigenvalue weighted by Gasteiger charge is -2.18. The number of benzene rings is 1. The van der Waals surface area contributed by atoms with E-state index in [1.165, 1.54) is 38.0 Å². The predicted molar refractivity (Wildman–Crippen MR) is 68.4 cm³/mol. The van der Waals surface area contributed by atoms with Crippen LogP contribution in [0.2, 0.25) is 0 Å². The van der Waals surface area contributed by atoms with Crippen molar-refractivity contribution in [3.05, 3.63) is 35.9 Å². The second-order valence-electron chi connectivity index (χ2n) is 4.87. The summed E-state index contributed by atoms with van der Waals surface area (Å²) in [6.45, 7) is 4.72. The molecule has 1 atom stereocenters. The van der Waals surface area contributed by atoms with Gasteiger partial charge in [-0.3, -0.25) is 0 Å². The van der Waals surface area contributed by atoms with E-state index in [0.29, 0.717) is 0 Å². The molecule has 1 aromatic carbocycles. The molecule has 1 aliphatic rings. The molecular formula is C14H22N2. The molecule has 88 valence electrons. The van der Waals surface area contributed by atoms with Crippen LogP contribution in [0.4, 0.5) is 0 Å². The minimum Gasteiger partial charge on any atom is -0.316 e. The summed E-state index contributed by atoms with van der Waals surface area (Å²) in [5, 5.41) is 3.43. The SMILES string of the molecule is CN(CCC1CCNC1)Cc1ccccc1. The van der Waals surface area contributed by atoms with E-state index in [2.05, 4.69) is 47.6 Å². The Morgan fingerprint density at radius 3 is 2.81 bits per heavy atom. The van der Waals surface area contributed by atoms with Gasteiger partial charge in [-0.25, -0.2) is 0 Å². The van der Waals surface area contributed by atoms with Crippen molar-refractivity contribution in [1.82, 2.24) is 10.2 Å². The fraction of sp³-hybridized carbons (Fsp3) is 0.571. The lowest BCUT2D eigenvalue weighted by atomic mass is 10.0. The summed E-state index contributed by atoms with van der Waals surface area (Å²) in [5.74, 6) is 0.901. The molecule has 0 bridgehead atoms. The highest BCUT2D eigenvalue weighted by atomic mass is 15.1. The fourth-order valence-electron chi connectivity index (χ4n) is 2.34. The summed E-state index contributed by atoms with van der Waals surface area (Å²) in [6, 6.07) is 10.7. The highest BCUT2D eigenvalue weighted by Crippen LogP contribution is 2.13. The molecule has 1 unspecified atom stereocenters. The van der Waals surface area contributed by atoms with Crippen molar-refractivity contribution in [3.63, 3.8) is 0 Å². The van der Waals surface area contributed by atoms with Crippen molar-refractivity contribution in [3.8, 4) is 0 Å². The van der Waals surface area contributed by atoms with Crippen LogP contribution in [0.1, 0.15) is 18.4 Å². The molecule has 0 radical (unpaired) electrons. The van der Waals surface area contributed by atoms with Crippen LogP contribution in [0.15, 0.2) is 30.3 Å². The van der Waals surface area contributed by atoms with Crippen LogP contribution in [0.3, 0.4) is 0 Å². The molecule has 2 heteroatoms.